The van der Waals surface area contributed by atoms with Gasteiger partial charge in [0.05, 0.1) is 0 Å². The van der Waals surface area contributed by atoms with E-state index >= 15 is 0 Å². The topological polar surface area (TPSA) is 46.2 Å². The lowest BCUT2D eigenvalue weighted by Gasteiger charge is -2.05. The van der Waals surface area contributed by atoms with Crippen LogP contribution < -0.4 is 5.32 Å². The quantitative estimate of drug-likeness (QED) is 0.406. The van der Waals surface area contributed by atoms with Crippen LogP contribution in [0, 0.1) is 0 Å². The van der Waals surface area contributed by atoms with Crippen molar-refractivity contribution in [2.24, 2.45) is 0 Å². The van der Waals surface area contributed by atoms with Gasteiger partial charge >= 0.3 is 0 Å². The summed E-state index contributed by atoms with van der Waals surface area (Å²) < 4.78 is 0. The van der Waals surface area contributed by atoms with E-state index in [4.69, 9.17) is 0 Å². The van der Waals surface area contributed by atoms with Crippen LogP contribution >= 0.6 is 0 Å². The molecule has 0 saturated heterocycles. The molecular weight excluding hydrogens is 190 g/mol. The van der Waals surface area contributed by atoms with Gasteiger partial charge in [-0.05, 0) is 6.08 Å². The summed E-state index contributed by atoms with van der Waals surface area (Å²) in [6.07, 6.45) is 6.27. The number of Topliss-reactive ketones (excluding diaryl/α,β-unsaturated/α-hetero) is 2. The van der Waals surface area contributed by atoms with E-state index in [0.29, 0.717) is 5.70 Å². The molecule has 0 heterocycles. The smallest absolute Gasteiger partial charge is 0.230 e. The zero-order chi connectivity index (χ0) is 11.8. The second kappa shape index (κ2) is 6.54. The normalized spacial score (nSPS) is 11.9. The van der Waals surface area contributed by atoms with Crippen LogP contribution in [0.5, 0.6) is 0 Å². The number of allylic oxidation sites excluding steroid dienone is 5. The molecule has 3 nitrogen and oxygen atoms in total. The van der Waals surface area contributed by atoms with Crippen LogP contribution in [-0.2, 0) is 9.59 Å². The maximum atomic E-state index is 11.5. The van der Waals surface area contributed by atoms with E-state index in [0.717, 1.165) is 0 Å². The molecule has 0 radical (unpaired) electrons. The molecule has 0 saturated carbocycles. The Labute approximate surface area is 89.9 Å². The number of hydrogen-bond donors (Lipinski definition) is 1. The second-order valence-corrected chi connectivity index (χ2v) is 2.76. The summed E-state index contributed by atoms with van der Waals surface area (Å²) in [5.74, 6) is -1.06. The third-order valence-corrected chi connectivity index (χ3v) is 1.73. The highest BCUT2D eigenvalue weighted by Crippen LogP contribution is 2.06. The molecule has 0 amide bonds. The van der Waals surface area contributed by atoms with E-state index in [-0.39, 0.29) is 5.57 Å². The molecule has 0 fully saturated rings. The summed E-state index contributed by atoms with van der Waals surface area (Å²) in [6.45, 7) is 8.26. The largest absolute Gasteiger partial charge is 0.388 e. The Morgan fingerprint density at radius 2 is 1.87 bits per heavy atom. The molecule has 0 aliphatic heterocycles. The highest BCUT2D eigenvalue weighted by Gasteiger charge is 2.14. The van der Waals surface area contributed by atoms with Gasteiger partial charge in [0.1, 0.15) is 0 Å². The molecule has 15 heavy (non-hydrogen) atoms. The first kappa shape index (κ1) is 13.1. The van der Waals surface area contributed by atoms with Crippen molar-refractivity contribution in [2.75, 3.05) is 7.05 Å². The number of likely N-dealkylation sites (N-methyl/N-ethyl adjacent to an activating group) is 1. The molecule has 0 spiro atoms. The molecule has 80 valence electrons. The number of carbonyl (C=O) groups is 2. The van der Waals surface area contributed by atoms with Crippen LogP contribution in [-0.4, -0.2) is 18.6 Å². The fourth-order valence-corrected chi connectivity index (χ4v) is 0.987. The molecule has 0 atom stereocenters. The van der Waals surface area contributed by atoms with Crippen molar-refractivity contribution in [1.29, 1.82) is 0 Å². The van der Waals surface area contributed by atoms with Crippen LogP contribution in [0.15, 0.2) is 48.7 Å². The van der Waals surface area contributed by atoms with Crippen molar-refractivity contribution in [2.45, 2.75) is 6.92 Å². The molecule has 0 rings (SSSR count). The number of hydrogen-bond acceptors (Lipinski definition) is 3. The van der Waals surface area contributed by atoms with Crippen molar-refractivity contribution in [3.63, 3.8) is 0 Å². The minimum atomic E-state index is -0.553. The fraction of sp³-hybridized carbons (Fsp3) is 0.167. The first-order valence-corrected chi connectivity index (χ1v) is 4.47. The van der Waals surface area contributed by atoms with Gasteiger partial charge in [0.2, 0.25) is 5.78 Å². The zero-order valence-electron chi connectivity index (χ0n) is 9.04. The van der Waals surface area contributed by atoms with Crippen LogP contribution in [0.4, 0.5) is 0 Å². The molecule has 0 aromatic rings. The predicted molar refractivity (Wildman–Crippen MR) is 61.3 cm³/mol. The van der Waals surface area contributed by atoms with Gasteiger partial charge in [-0.2, -0.15) is 0 Å². The lowest BCUT2D eigenvalue weighted by molar-refractivity contribution is -0.132. The Kier molecular flexibility index (Phi) is 5.71. The lowest BCUT2D eigenvalue weighted by atomic mass is 10.1. The molecule has 0 aliphatic carbocycles. The maximum absolute atomic E-state index is 11.5. The predicted octanol–water partition coefficient (Wildman–Crippen LogP) is 1.55. The van der Waals surface area contributed by atoms with Gasteiger partial charge in [-0.3, -0.25) is 9.59 Å². The molecule has 0 aromatic carbocycles. The summed E-state index contributed by atoms with van der Waals surface area (Å²) in [5.41, 5.74) is 0.813. The average Bonchev–Trinajstić information content (AvgIpc) is 2.23. The van der Waals surface area contributed by atoms with Gasteiger partial charge in [0, 0.05) is 25.2 Å². The summed E-state index contributed by atoms with van der Waals surface area (Å²) >= 11 is 0. The highest BCUT2D eigenvalue weighted by molar-refractivity contribution is 6.43. The highest BCUT2D eigenvalue weighted by atomic mass is 16.2. The summed E-state index contributed by atoms with van der Waals surface area (Å²) in [5, 5.41) is 2.82. The van der Waals surface area contributed by atoms with E-state index in [1.165, 1.54) is 13.0 Å². The van der Waals surface area contributed by atoms with Gasteiger partial charge in [0.15, 0.2) is 5.78 Å². The molecule has 0 aromatic heterocycles. The zero-order valence-corrected chi connectivity index (χ0v) is 9.04. The molecule has 3 heteroatoms. The second-order valence-electron chi connectivity index (χ2n) is 2.76. The van der Waals surface area contributed by atoms with Gasteiger partial charge in [-0.1, -0.05) is 31.4 Å². The summed E-state index contributed by atoms with van der Waals surface area (Å²) in [7, 11) is 1.67. The SMILES string of the molecule is C=C/C=C\C(NC)=C(/C=C)C(=O)C(C)=O. The number of ketones is 2. The maximum Gasteiger partial charge on any atom is 0.230 e. The summed E-state index contributed by atoms with van der Waals surface area (Å²) in [6, 6.07) is 0. The van der Waals surface area contributed by atoms with Gasteiger partial charge in [0.25, 0.3) is 0 Å². The van der Waals surface area contributed by atoms with Crippen molar-refractivity contribution < 1.29 is 9.59 Å². The third-order valence-electron chi connectivity index (χ3n) is 1.73. The van der Waals surface area contributed by atoms with E-state index in [2.05, 4.69) is 18.5 Å². The Hall–Kier alpha value is -1.90. The minimum Gasteiger partial charge on any atom is -0.388 e. The van der Waals surface area contributed by atoms with E-state index in [1.807, 2.05) is 0 Å². The Bertz CT molecular complexity index is 349. The number of nitrogens with one attached hydrogen (secondary N) is 1. The Morgan fingerprint density at radius 1 is 1.27 bits per heavy atom. The molecular formula is C12H15NO2. The van der Waals surface area contributed by atoms with Crippen molar-refractivity contribution in [3.05, 3.63) is 48.7 Å². The third kappa shape index (κ3) is 3.77. The first-order chi connectivity index (χ1) is 7.08. The van der Waals surface area contributed by atoms with Crippen molar-refractivity contribution in [3.8, 4) is 0 Å². The van der Waals surface area contributed by atoms with Crippen LogP contribution in [0.3, 0.4) is 0 Å². The van der Waals surface area contributed by atoms with Gasteiger partial charge < -0.3 is 5.32 Å². The van der Waals surface area contributed by atoms with Crippen LogP contribution in [0.25, 0.3) is 0 Å². The average molecular weight is 205 g/mol. The summed E-state index contributed by atoms with van der Waals surface area (Å²) in [4.78, 5) is 22.4. The molecule has 0 aliphatic rings. The van der Waals surface area contributed by atoms with Crippen molar-refractivity contribution in [1.82, 2.24) is 5.32 Å². The van der Waals surface area contributed by atoms with Crippen LogP contribution in [0.2, 0.25) is 0 Å². The Morgan fingerprint density at radius 3 is 2.20 bits per heavy atom. The van der Waals surface area contributed by atoms with E-state index in [9.17, 15) is 9.59 Å². The number of carbonyl (C=O) groups excluding carboxylic acids is 2. The van der Waals surface area contributed by atoms with Crippen LogP contribution in [0.1, 0.15) is 6.92 Å². The fourth-order valence-electron chi connectivity index (χ4n) is 0.987. The van der Waals surface area contributed by atoms with Crippen molar-refractivity contribution >= 4 is 11.6 Å². The monoisotopic (exact) mass is 205 g/mol. The number of rotatable bonds is 6. The molecule has 1 N–H and O–H groups in total. The Balaban J connectivity index is 5.33. The first-order valence-electron chi connectivity index (χ1n) is 4.47. The van der Waals surface area contributed by atoms with Gasteiger partial charge in [-0.25, -0.2) is 0 Å². The molecule has 0 bridgehead atoms. The van der Waals surface area contributed by atoms with Gasteiger partial charge in [-0.15, -0.1) is 0 Å². The lowest BCUT2D eigenvalue weighted by Crippen LogP contribution is -2.17. The molecule has 0 unspecified atom stereocenters. The van der Waals surface area contributed by atoms with E-state index < -0.39 is 11.6 Å². The van der Waals surface area contributed by atoms with E-state index in [1.54, 1.807) is 25.3 Å². The standard InChI is InChI=1S/C12H15NO2/c1-5-7-8-11(13-4)10(6-2)12(15)9(3)14/h5-8,13H,1-2H2,3-4H3/b8-7-,11-10-. The minimum absolute atomic E-state index is 0.267.